The molecule has 1 heterocycles. The van der Waals surface area contributed by atoms with Crippen LogP contribution in [0.25, 0.3) is 0 Å². The van der Waals surface area contributed by atoms with Gasteiger partial charge >= 0.3 is 5.97 Å². The number of rotatable bonds is 15. The molecule has 2 unspecified atom stereocenters. The Hall–Kier alpha value is -3.88. The first-order chi connectivity index (χ1) is 20.5. The van der Waals surface area contributed by atoms with Crippen molar-refractivity contribution in [2.75, 3.05) is 27.4 Å². The van der Waals surface area contributed by atoms with Crippen LogP contribution in [0, 0.1) is 5.41 Å². The average Bonchev–Trinajstić information content (AvgIpc) is 3.04. The average molecular weight is 596 g/mol. The maximum Gasteiger partial charge on any atom is 0.329 e. The van der Waals surface area contributed by atoms with Gasteiger partial charge in [0.15, 0.2) is 17.3 Å². The highest BCUT2D eigenvalue weighted by atomic mass is 16.5. The van der Waals surface area contributed by atoms with Gasteiger partial charge in [-0.2, -0.15) is 0 Å². The van der Waals surface area contributed by atoms with E-state index in [-0.39, 0.29) is 12.4 Å². The minimum absolute atomic E-state index is 0.0234. The lowest BCUT2D eigenvalue weighted by atomic mass is 9.84. The number of carbonyl (C=O) groups excluding carboxylic acids is 4. The number of ether oxygens (including phenoxy) is 4. The summed E-state index contributed by atoms with van der Waals surface area (Å²) in [5.74, 6) is 0.0136. The Balaban J connectivity index is 1.87. The molecule has 0 aliphatic carbocycles. The van der Waals surface area contributed by atoms with Crippen LogP contribution in [0.5, 0.6) is 17.2 Å². The molecule has 0 saturated carbocycles. The lowest BCUT2D eigenvalue weighted by molar-refractivity contribution is -0.164. The van der Waals surface area contributed by atoms with Gasteiger partial charge < -0.3 is 23.8 Å². The summed E-state index contributed by atoms with van der Waals surface area (Å²) in [7, 11) is 3.15. The molecule has 9 heteroatoms. The number of hydrogen-bond donors (Lipinski definition) is 0. The summed E-state index contributed by atoms with van der Waals surface area (Å²) in [5, 5.41) is 0. The fraction of sp³-hybridized carbons (Fsp3) is 0.529. The number of hydrogen-bond acceptors (Lipinski definition) is 8. The standard InChI is InChI=1S/C34H45NO8/c1-7-25(36)22-42-26-13-11-12-24(21-26)28(17-15-23-16-18-29(40-5)30(20-23)41-6)43-33(39)27-14-9-10-19-35(27)32(38)31(37)34(3,4)8-2/h11-13,16,18,20-21,27-28H,7-10,14-15,17,19,22H2,1-6H3. The van der Waals surface area contributed by atoms with Crippen LogP contribution < -0.4 is 14.2 Å². The monoisotopic (exact) mass is 595 g/mol. The molecule has 3 rings (SSSR count). The second kappa shape index (κ2) is 15.5. The van der Waals surface area contributed by atoms with Crippen LogP contribution in [-0.2, 0) is 30.3 Å². The summed E-state index contributed by atoms with van der Waals surface area (Å²) in [5.41, 5.74) is 0.846. The highest BCUT2D eigenvalue weighted by Gasteiger charge is 2.41. The predicted octanol–water partition coefficient (Wildman–Crippen LogP) is 5.67. The van der Waals surface area contributed by atoms with E-state index in [1.807, 2.05) is 31.2 Å². The van der Waals surface area contributed by atoms with Crippen LogP contribution in [0.3, 0.4) is 0 Å². The molecule has 2 aromatic carbocycles. The number of methoxy groups -OCH3 is 2. The summed E-state index contributed by atoms with van der Waals surface area (Å²) in [6.45, 7) is 7.43. The molecule has 0 N–H and O–H groups in total. The number of Topliss-reactive ketones (excluding diaryl/α,β-unsaturated/α-hetero) is 2. The van der Waals surface area contributed by atoms with Gasteiger partial charge in [0.1, 0.15) is 24.5 Å². The van der Waals surface area contributed by atoms with Gasteiger partial charge in [0.05, 0.1) is 14.2 Å². The number of nitrogens with zero attached hydrogens (tertiary/aromatic N) is 1. The van der Waals surface area contributed by atoms with Crippen molar-refractivity contribution in [3.05, 3.63) is 53.6 Å². The van der Waals surface area contributed by atoms with E-state index in [0.717, 1.165) is 12.0 Å². The SMILES string of the molecule is CCC(=O)COc1cccc(C(CCc2ccc(OC)c(OC)c2)OC(=O)C2CCCCN2C(=O)C(=O)C(C)(C)CC)c1. The van der Waals surface area contributed by atoms with E-state index in [4.69, 9.17) is 18.9 Å². The summed E-state index contributed by atoms with van der Waals surface area (Å²) in [4.78, 5) is 53.3. The smallest absolute Gasteiger partial charge is 0.329 e. The lowest BCUT2D eigenvalue weighted by Crippen LogP contribution is -2.53. The summed E-state index contributed by atoms with van der Waals surface area (Å²) < 4.78 is 22.6. The van der Waals surface area contributed by atoms with E-state index in [2.05, 4.69) is 0 Å². The molecule has 1 fully saturated rings. The first kappa shape index (κ1) is 33.6. The van der Waals surface area contributed by atoms with E-state index in [0.29, 0.717) is 67.9 Å². The van der Waals surface area contributed by atoms with Crippen molar-refractivity contribution in [1.82, 2.24) is 4.90 Å². The number of piperidine rings is 1. The van der Waals surface area contributed by atoms with Gasteiger partial charge in [-0.05, 0) is 73.9 Å². The molecular formula is C34H45NO8. The van der Waals surface area contributed by atoms with Gasteiger partial charge in [-0.25, -0.2) is 4.79 Å². The molecule has 9 nitrogen and oxygen atoms in total. The molecule has 234 valence electrons. The molecule has 1 saturated heterocycles. The number of esters is 1. The quantitative estimate of drug-likeness (QED) is 0.192. The van der Waals surface area contributed by atoms with E-state index in [9.17, 15) is 19.2 Å². The fourth-order valence-corrected chi connectivity index (χ4v) is 4.92. The molecule has 1 amide bonds. The number of benzene rings is 2. The molecular weight excluding hydrogens is 550 g/mol. The molecule has 0 radical (unpaired) electrons. The topological polar surface area (TPSA) is 108 Å². The zero-order valence-corrected chi connectivity index (χ0v) is 26.3. The van der Waals surface area contributed by atoms with Crippen molar-refractivity contribution in [1.29, 1.82) is 0 Å². The number of carbonyl (C=O) groups is 4. The maximum atomic E-state index is 13.7. The minimum atomic E-state index is -0.844. The molecule has 43 heavy (non-hydrogen) atoms. The maximum absolute atomic E-state index is 13.7. The molecule has 2 atom stereocenters. The Morgan fingerprint density at radius 3 is 2.40 bits per heavy atom. The van der Waals surface area contributed by atoms with Gasteiger partial charge in [0.25, 0.3) is 5.91 Å². The van der Waals surface area contributed by atoms with Crippen molar-refractivity contribution < 1.29 is 38.1 Å². The molecule has 1 aliphatic rings. The van der Waals surface area contributed by atoms with Crippen LogP contribution in [0.1, 0.15) is 83.5 Å². The first-order valence-electron chi connectivity index (χ1n) is 15.1. The van der Waals surface area contributed by atoms with Crippen LogP contribution in [0.2, 0.25) is 0 Å². The molecule has 0 bridgehead atoms. The third-order valence-electron chi connectivity index (χ3n) is 8.15. The Kier molecular flexibility index (Phi) is 12.2. The van der Waals surface area contributed by atoms with Gasteiger partial charge in [-0.1, -0.05) is 45.9 Å². The third kappa shape index (κ3) is 8.81. The van der Waals surface area contributed by atoms with E-state index >= 15 is 0 Å². The predicted molar refractivity (Wildman–Crippen MR) is 162 cm³/mol. The Morgan fingerprint density at radius 2 is 1.72 bits per heavy atom. The van der Waals surface area contributed by atoms with Crippen molar-refractivity contribution in [2.45, 2.75) is 84.8 Å². The molecule has 0 spiro atoms. The second-order valence-corrected chi connectivity index (χ2v) is 11.5. The van der Waals surface area contributed by atoms with Gasteiger partial charge in [0, 0.05) is 18.4 Å². The van der Waals surface area contributed by atoms with Gasteiger partial charge in [-0.15, -0.1) is 0 Å². The zero-order chi connectivity index (χ0) is 31.6. The van der Waals surface area contributed by atoms with Crippen molar-refractivity contribution in [3.63, 3.8) is 0 Å². The van der Waals surface area contributed by atoms with E-state index in [1.165, 1.54) is 4.90 Å². The Labute approximate surface area is 254 Å². The Bertz CT molecular complexity index is 1290. The molecule has 0 aromatic heterocycles. The fourth-order valence-electron chi connectivity index (χ4n) is 4.92. The second-order valence-electron chi connectivity index (χ2n) is 11.5. The molecule has 2 aromatic rings. The number of aryl methyl sites for hydroxylation is 1. The van der Waals surface area contributed by atoms with E-state index in [1.54, 1.807) is 53.2 Å². The van der Waals surface area contributed by atoms with Crippen LogP contribution in [0.15, 0.2) is 42.5 Å². The van der Waals surface area contributed by atoms with Gasteiger partial charge in [-0.3, -0.25) is 14.4 Å². The summed E-state index contributed by atoms with van der Waals surface area (Å²) >= 11 is 0. The van der Waals surface area contributed by atoms with Crippen LogP contribution in [0.4, 0.5) is 0 Å². The van der Waals surface area contributed by atoms with Crippen molar-refractivity contribution in [2.24, 2.45) is 5.41 Å². The first-order valence-corrected chi connectivity index (χ1v) is 15.1. The summed E-state index contributed by atoms with van der Waals surface area (Å²) in [6, 6.07) is 12.0. The van der Waals surface area contributed by atoms with Crippen LogP contribution in [-0.4, -0.2) is 61.8 Å². The highest BCUT2D eigenvalue weighted by molar-refractivity contribution is 6.38. The summed E-state index contributed by atoms with van der Waals surface area (Å²) in [6.07, 6.45) is 3.09. The third-order valence-corrected chi connectivity index (χ3v) is 8.15. The normalized spacial score (nSPS) is 15.8. The number of likely N-dealkylation sites (tertiary alicyclic amines) is 1. The van der Waals surface area contributed by atoms with E-state index < -0.39 is 35.2 Å². The van der Waals surface area contributed by atoms with Gasteiger partial charge in [0.2, 0.25) is 5.78 Å². The number of ketones is 2. The van der Waals surface area contributed by atoms with Crippen LogP contribution >= 0.6 is 0 Å². The minimum Gasteiger partial charge on any atom is -0.493 e. The number of amides is 1. The van der Waals surface area contributed by atoms with Crippen molar-refractivity contribution >= 4 is 23.4 Å². The Morgan fingerprint density at radius 1 is 0.977 bits per heavy atom. The largest absolute Gasteiger partial charge is 0.493 e. The van der Waals surface area contributed by atoms with Crippen molar-refractivity contribution in [3.8, 4) is 17.2 Å². The molecule has 1 aliphatic heterocycles. The highest BCUT2D eigenvalue weighted by Crippen LogP contribution is 2.32. The zero-order valence-electron chi connectivity index (χ0n) is 26.3. The lowest BCUT2D eigenvalue weighted by Gasteiger charge is -2.36.